The molecule has 0 unspecified atom stereocenters. The Kier molecular flexibility index (Phi) is 5.86. The molecule has 142 valence electrons. The summed E-state index contributed by atoms with van der Waals surface area (Å²) in [7, 11) is 0. The van der Waals surface area contributed by atoms with Gasteiger partial charge in [-0.1, -0.05) is 29.8 Å². The van der Waals surface area contributed by atoms with Gasteiger partial charge in [-0.15, -0.1) is 21.5 Å². The molecule has 0 bridgehead atoms. The molecule has 0 amide bonds. The minimum absolute atomic E-state index is 0.292. The van der Waals surface area contributed by atoms with Crippen LogP contribution in [0.5, 0.6) is 0 Å². The highest BCUT2D eigenvalue weighted by molar-refractivity contribution is 7.09. The number of benzene rings is 1. The normalized spacial score (nSPS) is 11.6. The smallest absolute Gasteiger partial charge is 0.330 e. The van der Waals surface area contributed by atoms with Crippen molar-refractivity contribution in [2.24, 2.45) is 0 Å². The minimum Gasteiger partial charge on any atom is -0.456 e. The van der Waals surface area contributed by atoms with Gasteiger partial charge in [0.2, 0.25) is 5.82 Å². The van der Waals surface area contributed by atoms with Crippen LogP contribution in [0.2, 0.25) is 0 Å². The molecule has 0 spiro atoms. The van der Waals surface area contributed by atoms with Gasteiger partial charge in [0.25, 0.3) is 0 Å². The second-order valence-corrected chi connectivity index (χ2v) is 6.92. The molecule has 0 fully saturated rings. The van der Waals surface area contributed by atoms with Crippen LogP contribution in [0.25, 0.3) is 11.4 Å². The predicted octanol–water partition coefficient (Wildman–Crippen LogP) is 1.83. The molecule has 0 aliphatic rings. The van der Waals surface area contributed by atoms with Gasteiger partial charge < -0.3 is 4.74 Å². The summed E-state index contributed by atoms with van der Waals surface area (Å²) >= 11 is 1.22. The van der Waals surface area contributed by atoms with E-state index in [-0.39, 0.29) is 6.54 Å². The van der Waals surface area contributed by atoms with E-state index in [0.29, 0.717) is 10.8 Å². The molecule has 28 heavy (non-hydrogen) atoms. The number of esters is 1. The molecule has 0 saturated heterocycles. The van der Waals surface area contributed by atoms with E-state index in [1.165, 1.54) is 11.3 Å². The molecule has 1 atom stereocenters. The SMILES string of the molecule is Cc1ccc(-c2nnn(CC(=O)OCC(=O)[C@H](C#N)c3nc(C)cs3)n2)cc1. The summed E-state index contributed by atoms with van der Waals surface area (Å²) in [4.78, 5) is 29.4. The van der Waals surface area contributed by atoms with Crippen molar-refractivity contribution in [1.82, 2.24) is 25.2 Å². The van der Waals surface area contributed by atoms with Crippen LogP contribution in [-0.4, -0.2) is 43.6 Å². The van der Waals surface area contributed by atoms with E-state index in [1.54, 1.807) is 12.3 Å². The average molecular weight is 396 g/mol. The number of Topliss-reactive ketones (excluding diaryl/α,β-unsaturated/α-hetero) is 1. The van der Waals surface area contributed by atoms with Gasteiger partial charge in [0.15, 0.2) is 24.9 Å². The van der Waals surface area contributed by atoms with Crippen molar-refractivity contribution in [3.8, 4) is 17.5 Å². The number of thiazole rings is 1. The van der Waals surface area contributed by atoms with Gasteiger partial charge >= 0.3 is 5.97 Å². The molecule has 0 radical (unpaired) electrons. The summed E-state index contributed by atoms with van der Waals surface area (Å²) in [6.45, 7) is 2.93. The maximum Gasteiger partial charge on any atom is 0.330 e. The number of hydrogen-bond acceptors (Lipinski definition) is 9. The number of nitriles is 1. The predicted molar refractivity (Wildman–Crippen MR) is 99.2 cm³/mol. The Balaban J connectivity index is 1.55. The van der Waals surface area contributed by atoms with Gasteiger partial charge in [0, 0.05) is 16.6 Å². The Morgan fingerprint density at radius 2 is 2.04 bits per heavy atom. The van der Waals surface area contributed by atoms with Crippen LogP contribution in [0.1, 0.15) is 22.2 Å². The fourth-order valence-corrected chi connectivity index (χ4v) is 3.16. The topological polar surface area (TPSA) is 124 Å². The zero-order chi connectivity index (χ0) is 20.1. The molecule has 9 nitrogen and oxygen atoms in total. The van der Waals surface area contributed by atoms with E-state index >= 15 is 0 Å². The van der Waals surface area contributed by atoms with Crippen molar-refractivity contribution in [2.45, 2.75) is 26.3 Å². The Labute approximate surface area is 164 Å². The Morgan fingerprint density at radius 1 is 1.29 bits per heavy atom. The molecule has 2 aromatic heterocycles. The van der Waals surface area contributed by atoms with Crippen molar-refractivity contribution in [3.05, 3.63) is 45.9 Å². The van der Waals surface area contributed by atoms with Gasteiger partial charge in [0.1, 0.15) is 5.01 Å². The molecule has 0 aliphatic heterocycles. The molecular formula is C18H16N6O3S. The summed E-state index contributed by atoms with van der Waals surface area (Å²) in [5.74, 6) is -1.90. The van der Waals surface area contributed by atoms with Crippen LogP contribution in [-0.2, 0) is 20.9 Å². The van der Waals surface area contributed by atoms with Crippen LogP contribution < -0.4 is 0 Å². The number of ketones is 1. The second-order valence-electron chi connectivity index (χ2n) is 6.03. The summed E-state index contributed by atoms with van der Waals surface area (Å²) in [5.41, 5.74) is 2.61. The Hall–Kier alpha value is -3.45. The number of ether oxygens (including phenoxy) is 1. The lowest BCUT2D eigenvalue weighted by Crippen LogP contribution is -2.22. The number of tetrazole rings is 1. The number of aryl methyl sites for hydroxylation is 2. The number of carbonyl (C=O) groups excluding carboxylic acids is 2. The number of aromatic nitrogens is 5. The fourth-order valence-electron chi connectivity index (χ4n) is 2.29. The first-order chi connectivity index (χ1) is 13.5. The zero-order valence-electron chi connectivity index (χ0n) is 15.2. The third kappa shape index (κ3) is 4.63. The first-order valence-electron chi connectivity index (χ1n) is 8.31. The molecule has 3 aromatic rings. The maximum absolute atomic E-state index is 12.2. The highest BCUT2D eigenvalue weighted by Crippen LogP contribution is 2.20. The Morgan fingerprint density at radius 3 is 2.68 bits per heavy atom. The van der Waals surface area contributed by atoms with Crippen molar-refractivity contribution >= 4 is 23.1 Å². The highest BCUT2D eigenvalue weighted by Gasteiger charge is 2.24. The number of rotatable bonds is 7. The fraction of sp³-hybridized carbons (Fsp3) is 0.278. The largest absolute Gasteiger partial charge is 0.456 e. The first kappa shape index (κ1) is 19.3. The van der Waals surface area contributed by atoms with E-state index in [1.807, 2.05) is 37.3 Å². The summed E-state index contributed by atoms with van der Waals surface area (Å²) < 4.78 is 4.96. The standard InChI is InChI=1S/C18H16N6O3S/c1-11-3-5-13(6-4-11)17-21-23-24(22-17)8-16(26)27-9-15(25)14(7-19)18-20-12(2)10-28-18/h3-6,10,14H,8-9H2,1-2H3/t14-/m0/s1. The monoisotopic (exact) mass is 396 g/mol. The Bertz CT molecular complexity index is 1030. The molecule has 0 aliphatic carbocycles. The average Bonchev–Trinajstić information content (AvgIpc) is 3.31. The molecule has 2 heterocycles. The van der Waals surface area contributed by atoms with Crippen molar-refractivity contribution in [2.75, 3.05) is 6.61 Å². The summed E-state index contributed by atoms with van der Waals surface area (Å²) in [6, 6.07) is 9.46. The maximum atomic E-state index is 12.2. The second kappa shape index (κ2) is 8.49. The lowest BCUT2D eigenvalue weighted by molar-refractivity contribution is -0.149. The van der Waals surface area contributed by atoms with E-state index in [4.69, 9.17) is 4.74 Å². The molecule has 1 aromatic carbocycles. The van der Waals surface area contributed by atoms with Gasteiger partial charge in [-0.25, -0.2) is 9.78 Å². The van der Waals surface area contributed by atoms with E-state index in [9.17, 15) is 14.9 Å². The van der Waals surface area contributed by atoms with Crippen LogP contribution >= 0.6 is 11.3 Å². The van der Waals surface area contributed by atoms with Gasteiger partial charge in [-0.3, -0.25) is 4.79 Å². The van der Waals surface area contributed by atoms with Crippen molar-refractivity contribution in [3.63, 3.8) is 0 Å². The van der Waals surface area contributed by atoms with Crippen LogP contribution in [0.15, 0.2) is 29.6 Å². The van der Waals surface area contributed by atoms with Crippen molar-refractivity contribution < 1.29 is 14.3 Å². The number of carbonyl (C=O) groups is 2. The molecule has 0 saturated carbocycles. The number of hydrogen-bond donors (Lipinski definition) is 0. The molecule has 3 rings (SSSR count). The van der Waals surface area contributed by atoms with Crippen LogP contribution in [0, 0.1) is 25.2 Å². The van der Waals surface area contributed by atoms with E-state index in [0.717, 1.165) is 21.6 Å². The van der Waals surface area contributed by atoms with E-state index in [2.05, 4.69) is 20.4 Å². The minimum atomic E-state index is -1.05. The third-order valence-electron chi connectivity index (χ3n) is 3.74. The van der Waals surface area contributed by atoms with Gasteiger partial charge in [0.05, 0.1) is 6.07 Å². The zero-order valence-corrected chi connectivity index (χ0v) is 16.0. The summed E-state index contributed by atoms with van der Waals surface area (Å²) in [5, 5.41) is 23.2. The number of nitrogens with zero attached hydrogens (tertiary/aromatic N) is 6. The van der Waals surface area contributed by atoms with Gasteiger partial charge in [-0.2, -0.15) is 10.1 Å². The first-order valence-corrected chi connectivity index (χ1v) is 9.19. The lowest BCUT2D eigenvalue weighted by atomic mass is 10.1. The van der Waals surface area contributed by atoms with Crippen LogP contribution in [0.4, 0.5) is 0 Å². The van der Waals surface area contributed by atoms with Crippen molar-refractivity contribution in [1.29, 1.82) is 5.26 Å². The van der Waals surface area contributed by atoms with Crippen LogP contribution in [0.3, 0.4) is 0 Å². The quantitative estimate of drug-likeness (QED) is 0.554. The molecular weight excluding hydrogens is 380 g/mol. The lowest BCUT2D eigenvalue weighted by Gasteiger charge is -2.06. The molecule has 0 N–H and O–H groups in total. The highest BCUT2D eigenvalue weighted by atomic mass is 32.1. The van der Waals surface area contributed by atoms with Gasteiger partial charge in [-0.05, 0) is 19.1 Å². The third-order valence-corrected chi connectivity index (χ3v) is 4.77. The van der Waals surface area contributed by atoms with E-state index < -0.39 is 24.3 Å². The molecule has 10 heteroatoms. The summed E-state index contributed by atoms with van der Waals surface area (Å²) in [6.07, 6.45) is 0.